The molecule has 1 aliphatic carbocycles. The second-order valence-corrected chi connectivity index (χ2v) is 14.5. The van der Waals surface area contributed by atoms with Crippen LogP contribution in [0.1, 0.15) is 47.9 Å². The zero-order chi connectivity index (χ0) is 38.4. The van der Waals surface area contributed by atoms with Gasteiger partial charge in [0.1, 0.15) is 16.9 Å². The summed E-state index contributed by atoms with van der Waals surface area (Å²) in [7, 11) is 3.21. The molecule has 7 rings (SSSR count). The Labute approximate surface area is 322 Å². The lowest BCUT2D eigenvalue weighted by molar-refractivity contribution is -0.137. The number of alkyl halides is 3. The van der Waals surface area contributed by atoms with E-state index in [1.54, 1.807) is 37.0 Å². The van der Waals surface area contributed by atoms with Crippen molar-refractivity contribution in [2.75, 3.05) is 26.5 Å². The largest absolute Gasteiger partial charge is 0.497 e. The number of ether oxygens (including phenoxy) is 2. The summed E-state index contributed by atoms with van der Waals surface area (Å²) >= 11 is 1.45. The molecule has 6 aromatic rings. The minimum Gasteiger partial charge on any atom is -0.497 e. The summed E-state index contributed by atoms with van der Waals surface area (Å²) in [5.74, 6) is 2.53. The second-order valence-electron chi connectivity index (χ2n) is 13.4. The predicted octanol–water partition coefficient (Wildman–Crippen LogP) is 9.95. The summed E-state index contributed by atoms with van der Waals surface area (Å²) in [5.41, 5.74) is 4.76. The number of amides is 1. The van der Waals surface area contributed by atoms with Crippen LogP contribution in [0.3, 0.4) is 0 Å². The van der Waals surface area contributed by atoms with Crippen LogP contribution in [0.4, 0.5) is 13.2 Å². The number of hydrogen-bond acceptors (Lipinski definition) is 6. The van der Waals surface area contributed by atoms with Crippen molar-refractivity contribution in [2.24, 2.45) is 0 Å². The standard InChI is InChI=1S/C44H41F3N4O3S/c1-53-34-21-17-30(18-22-34)25-27-48-41(52)43(38-15-6-4-13-36(38)37-14-5-7-16-39(37)43)26-8-3-9-28-55-42-50-49-40(31-19-23-35(54-2)24-20-31)51(42)33-12-10-11-32(29-33)44(45,46)47/h4-7,10-24,29H,3,8-9,25-28H2,1-2H3,(H,48,52). The smallest absolute Gasteiger partial charge is 0.416 e. The summed E-state index contributed by atoms with van der Waals surface area (Å²) in [6.45, 7) is 0.499. The maximum atomic E-state index is 14.5. The first-order valence-electron chi connectivity index (χ1n) is 18.2. The molecular weight excluding hydrogens is 722 g/mol. The molecule has 0 aliphatic heterocycles. The van der Waals surface area contributed by atoms with Crippen LogP contribution in [0.5, 0.6) is 11.5 Å². The van der Waals surface area contributed by atoms with Gasteiger partial charge in [-0.3, -0.25) is 9.36 Å². The van der Waals surface area contributed by atoms with Gasteiger partial charge < -0.3 is 14.8 Å². The van der Waals surface area contributed by atoms with E-state index in [1.807, 2.05) is 60.7 Å². The number of halogens is 3. The summed E-state index contributed by atoms with van der Waals surface area (Å²) in [4.78, 5) is 14.5. The van der Waals surface area contributed by atoms with E-state index in [4.69, 9.17) is 9.47 Å². The van der Waals surface area contributed by atoms with Crippen LogP contribution >= 0.6 is 11.8 Å². The fourth-order valence-corrected chi connectivity index (χ4v) is 8.34. The molecule has 7 nitrogen and oxygen atoms in total. The highest BCUT2D eigenvalue weighted by molar-refractivity contribution is 7.99. The van der Waals surface area contributed by atoms with Gasteiger partial charge in [0.05, 0.1) is 25.5 Å². The molecule has 282 valence electrons. The van der Waals surface area contributed by atoms with Crippen molar-refractivity contribution in [3.05, 3.63) is 144 Å². The van der Waals surface area contributed by atoms with Crippen molar-refractivity contribution in [3.8, 4) is 39.7 Å². The van der Waals surface area contributed by atoms with Gasteiger partial charge in [0.25, 0.3) is 0 Å². The number of fused-ring (bicyclic) bond motifs is 3. The van der Waals surface area contributed by atoms with Crippen molar-refractivity contribution < 1.29 is 27.4 Å². The number of aromatic nitrogens is 3. The predicted molar refractivity (Wildman–Crippen MR) is 210 cm³/mol. The normalized spacial score (nSPS) is 12.9. The van der Waals surface area contributed by atoms with Crippen LogP contribution in [0.25, 0.3) is 28.2 Å². The average molecular weight is 763 g/mol. The molecule has 0 saturated carbocycles. The van der Waals surface area contributed by atoms with Gasteiger partial charge in [-0.15, -0.1) is 10.2 Å². The van der Waals surface area contributed by atoms with Gasteiger partial charge in [-0.05, 0) is 102 Å². The topological polar surface area (TPSA) is 78.3 Å². The lowest BCUT2D eigenvalue weighted by atomic mass is 9.73. The van der Waals surface area contributed by atoms with Crippen molar-refractivity contribution in [1.29, 1.82) is 0 Å². The van der Waals surface area contributed by atoms with E-state index < -0.39 is 17.2 Å². The average Bonchev–Trinajstić information content (AvgIpc) is 3.77. The third-order valence-electron chi connectivity index (χ3n) is 10.2. The van der Waals surface area contributed by atoms with E-state index in [9.17, 15) is 18.0 Å². The Balaban J connectivity index is 1.07. The molecule has 0 bridgehead atoms. The van der Waals surface area contributed by atoms with Gasteiger partial charge in [0, 0.05) is 17.9 Å². The fraction of sp³-hybridized carbons (Fsp3) is 0.250. The molecule has 1 amide bonds. The molecule has 1 aliphatic rings. The van der Waals surface area contributed by atoms with Gasteiger partial charge in [0.2, 0.25) is 5.91 Å². The lowest BCUT2D eigenvalue weighted by Gasteiger charge is -2.31. The molecule has 11 heteroatoms. The number of hydrogen-bond donors (Lipinski definition) is 1. The van der Waals surface area contributed by atoms with Gasteiger partial charge in [0.15, 0.2) is 11.0 Å². The maximum absolute atomic E-state index is 14.5. The Hall–Kier alpha value is -5.55. The summed E-state index contributed by atoms with van der Waals surface area (Å²) in [6, 6.07) is 36.7. The van der Waals surface area contributed by atoms with Crippen LogP contribution in [0.2, 0.25) is 0 Å². The molecule has 1 heterocycles. The van der Waals surface area contributed by atoms with E-state index in [1.165, 1.54) is 17.8 Å². The highest BCUT2D eigenvalue weighted by atomic mass is 32.2. The minimum absolute atomic E-state index is 0.00645. The van der Waals surface area contributed by atoms with Gasteiger partial charge in [-0.1, -0.05) is 91.3 Å². The molecule has 1 aromatic heterocycles. The number of benzene rings is 5. The van der Waals surface area contributed by atoms with Crippen LogP contribution in [-0.4, -0.2) is 47.2 Å². The van der Waals surface area contributed by atoms with Crippen molar-refractivity contribution in [2.45, 2.75) is 48.9 Å². The zero-order valence-corrected chi connectivity index (χ0v) is 31.4. The molecule has 0 unspecified atom stereocenters. The quantitative estimate of drug-likeness (QED) is 0.0830. The number of unbranched alkanes of at least 4 members (excludes halogenated alkanes) is 2. The number of nitrogens with one attached hydrogen (secondary N) is 1. The highest BCUT2D eigenvalue weighted by Crippen LogP contribution is 2.51. The Morgan fingerprint density at radius 1 is 0.764 bits per heavy atom. The van der Waals surface area contributed by atoms with E-state index in [0.717, 1.165) is 65.0 Å². The Morgan fingerprint density at radius 3 is 2.04 bits per heavy atom. The molecule has 0 atom stereocenters. The van der Waals surface area contributed by atoms with Crippen molar-refractivity contribution in [1.82, 2.24) is 20.1 Å². The van der Waals surface area contributed by atoms with Gasteiger partial charge >= 0.3 is 6.18 Å². The first kappa shape index (κ1) is 37.8. The number of rotatable bonds is 15. The minimum atomic E-state index is -4.50. The van der Waals surface area contributed by atoms with E-state index >= 15 is 0 Å². The Bertz CT molecular complexity index is 2210. The van der Waals surface area contributed by atoms with E-state index in [2.05, 4.69) is 39.8 Å². The molecule has 5 aromatic carbocycles. The molecular formula is C44H41F3N4O3S. The highest BCUT2D eigenvalue weighted by Gasteiger charge is 2.48. The molecule has 55 heavy (non-hydrogen) atoms. The van der Waals surface area contributed by atoms with Gasteiger partial charge in [-0.25, -0.2) is 0 Å². The molecule has 1 N–H and O–H groups in total. The number of nitrogens with zero attached hydrogens (tertiary/aromatic N) is 3. The molecule has 0 radical (unpaired) electrons. The Morgan fingerprint density at radius 2 is 1.40 bits per heavy atom. The number of carbonyl (C=O) groups excluding carboxylic acids is 1. The molecule has 0 saturated heterocycles. The lowest BCUT2D eigenvalue weighted by Crippen LogP contribution is -2.45. The van der Waals surface area contributed by atoms with E-state index in [0.29, 0.717) is 53.1 Å². The number of thioether (sulfide) groups is 1. The van der Waals surface area contributed by atoms with Crippen LogP contribution in [0, 0.1) is 0 Å². The van der Waals surface area contributed by atoms with E-state index in [-0.39, 0.29) is 5.91 Å². The summed E-state index contributed by atoms with van der Waals surface area (Å²) in [6.07, 6.45) is -0.757. The zero-order valence-electron chi connectivity index (χ0n) is 30.6. The molecule has 0 fully saturated rings. The fourth-order valence-electron chi connectivity index (χ4n) is 7.39. The van der Waals surface area contributed by atoms with Crippen molar-refractivity contribution in [3.63, 3.8) is 0 Å². The summed E-state index contributed by atoms with van der Waals surface area (Å²) < 4.78 is 53.5. The van der Waals surface area contributed by atoms with Gasteiger partial charge in [-0.2, -0.15) is 13.2 Å². The number of methoxy groups -OCH3 is 2. The third kappa shape index (κ3) is 7.84. The molecule has 0 spiro atoms. The van der Waals surface area contributed by atoms with Crippen LogP contribution < -0.4 is 14.8 Å². The first-order chi connectivity index (χ1) is 26.7. The monoisotopic (exact) mass is 762 g/mol. The second kappa shape index (κ2) is 16.4. The Kier molecular flexibility index (Phi) is 11.3. The third-order valence-corrected chi connectivity index (χ3v) is 11.2. The number of carbonyl (C=O) groups is 1. The van der Waals surface area contributed by atoms with Crippen LogP contribution in [0.15, 0.2) is 126 Å². The maximum Gasteiger partial charge on any atom is 0.416 e. The van der Waals surface area contributed by atoms with Crippen molar-refractivity contribution >= 4 is 17.7 Å². The first-order valence-corrected chi connectivity index (χ1v) is 19.2. The summed E-state index contributed by atoms with van der Waals surface area (Å²) in [5, 5.41) is 12.6. The SMILES string of the molecule is COc1ccc(CCNC(=O)C2(CCCCCSc3nnc(-c4ccc(OC)cc4)n3-c3cccc(C(F)(F)F)c3)c3ccccc3-c3ccccc32)cc1. The van der Waals surface area contributed by atoms with Crippen LogP contribution in [-0.2, 0) is 22.8 Å².